The van der Waals surface area contributed by atoms with Crippen LogP contribution in [0.15, 0.2) is 30.6 Å². The molecule has 0 fully saturated rings. The van der Waals surface area contributed by atoms with Gasteiger partial charge in [-0.25, -0.2) is 0 Å². The zero-order valence-corrected chi connectivity index (χ0v) is 5.40. The lowest BCUT2D eigenvalue weighted by molar-refractivity contribution is -0.131. The van der Waals surface area contributed by atoms with Crippen molar-refractivity contribution in [3.63, 3.8) is 0 Å². The molecule has 0 aromatic carbocycles. The Kier molecular flexibility index (Phi) is 4.96. The number of carboxylic acid groups (broad SMARTS) is 1. The van der Waals surface area contributed by atoms with Crippen LogP contribution in [0.3, 0.4) is 0 Å². The summed E-state index contributed by atoms with van der Waals surface area (Å²) >= 11 is 0. The lowest BCUT2D eigenvalue weighted by Gasteiger charge is -1.70. The Labute approximate surface area is 59.3 Å². The van der Waals surface area contributed by atoms with Gasteiger partial charge >= 0.3 is 5.97 Å². The average Bonchev–Trinajstić information content (AvgIpc) is 1.90. The summed E-state index contributed by atoms with van der Waals surface area (Å²) in [6.45, 7) is 2.56. The highest BCUT2D eigenvalue weighted by Crippen LogP contribution is 1.73. The van der Waals surface area contributed by atoms with Gasteiger partial charge in [-0.3, -0.25) is 9.78 Å². The van der Waals surface area contributed by atoms with Gasteiger partial charge in [-0.15, -0.1) is 0 Å². The average molecular weight is 138 g/mol. The molecular formula is C7H8NO2. The van der Waals surface area contributed by atoms with E-state index >= 15 is 0 Å². The molecule has 0 saturated heterocycles. The van der Waals surface area contributed by atoms with E-state index in [1.165, 1.54) is 0 Å². The summed E-state index contributed by atoms with van der Waals surface area (Å²) in [5.74, 6) is -1.08. The van der Waals surface area contributed by atoms with E-state index < -0.39 is 5.97 Å². The summed E-state index contributed by atoms with van der Waals surface area (Å²) in [6, 6.07) is 5.72. The number of aliphatic carboxylic acids is 1. The second-order valence-corrected chi connectivity index (χ2v) is 1.42. The Morgan fingerprint density at radius 1 is 1.30 bits per heavy atom. The monoisotopic (exact) mass is 138 g/mol. The fourth-order valence-electron chi connectivity index (χ4n) is 0.313. The molecule has 53 valence electrons. The molecule has 0 atom stereocenters. The van der Waals surface area contributed by atoms with Crippen LogP contribution in [0.1, 0.15) is 0 Å². The van der Waals surface area contributed by atoms with Crippen LogP contribution < -0.4 is 0 Å². The van der Waals surface area contributed by atoms with E-state index in [4.69, 9.17) is 9.90 Å². The third-order valence-corrected chi connectivity index (χ3v) is 0.566. The van der Waals surface area contributed by atoms with Crippen LogP contribution in [0.4, 0.5) is 0 Å². The van der Waals surface area contributed by atoms with Crippen molar-refractivity contribution in [3.05, 3.63) is 37.5 Å². The molecule has 1 radical (unpaired) electrons. The molecule has 0 aliphatic carbocycles. The van der Waals surface area contributed by atoms with Crippen LogP contribution in [-0.4, -0.2) is 16.1 Å². The predicted octanol–water partition coefficient (Wildman–Crippen LogP) is 0.987. The molecule has 0 aliphatic rings. The first-order chi connectivity index (χ1) is 4.73. The summed E-state index contributed by atoms with van der Waals surface area (Å²) < 4.78 is 0. The molecule has 0 unspecified atom stereocenters. The molecule has 1 heterocycles. The van der Waals surface area contributed by atoms with Crippen molar-refractivity contribution in [3.8, 4) is 0 Å². The molecule has 0 saturated carbocycles. The van der Waals surface area contributed by atoms with Crippen molar-refractivity contribution < 1.29 is 9.90 Å². The molecule has 3 heteroatoms. The topological polar surface area (TPSA) is 50.2 Å². The third-order valence-electron chi connectivity index (χ3n) is 0.566. The lowest BCUT2D eigenvalue weighted by Crippen LogP contribution is -1.79. The van der Waals surface area contributed by atoms with Gasteiger partial charge in [0.25, 0.3) is 0 Å². The number of carboxylic acids is 1. The molecule has 0 amide bonds. The first-order valence-electron chi connectivity index (χ1n) is 2.63. The standard InChI is InChI=1S/C5H5N.C2H3O2/c1-2-4-6-5-3-1;1-2(3)4/h1-5H;1H2,(H,3,4). The van der Waals surface area contributed by atoms with E-state index in [1.807, 2.05) is 18.2 Å². The van der Waals surface area contributed by atoms with Gasteiger partial charge in [0.2, 0.25) is 0 Å². The zero-order valence-electron chi connectivity index (χ0n) is 5.40. The molecule has 0 aliphatic heterocycles. The Morgan fingerprint density at radius 3 is 1.80 bits per heavy atom. The van der Waals surface area contributed by atoms with Crippen molar-refractivity contribution in [2.24, 2.45) is 0 Å². The highest BCUT2D eigenvalue weighted by molar-refractivity contribution is 5.71. The summed E-state index contributed by atoms with van der Waals surface area (Å²) in [5.41, 5.74) is 0. The van der Waals surface area contributed by atoms with Crippen molar-refractivity contribution >= 4 is 5.97 Å². The van der Waals surface area contributed by atoms with E-state index in [1.54, 1.807) is 12.4 Å². The molecular weight excluding hydrogens is 130 g/mol. The number of carbonyl (C=O) groups is 1. The van der Waals surface area contributed by atoms with Crippen LogP contribution in [0.2, 0.25) is 0 Å². The van der Waals surface area contributed by atoms with Gasteiger partial charge in [-0.05, 0) is 12.1 Å². The Morgan fingerprint density at radius 2 is 1.70 bits per heavy atom. The smallest absolute Gasteiger partial charge is 0.303 e. The van der Waals surface area contributed by atoms with E-state index in [9.17, 15) is 0 Å². The molecule has 1 N–H and O–H groups in total. The molecule has 1 aromatic rings. The molecule has 1 rings (SSSR count). The lowest BCUT2D eigenvalue weighted by atomic mass is 10.5. The molecule has 1 aromatic heterocycles. The van der Waals surface area contributed by atoms with Gasteiger partial charge in [0.15, 0.2) is 0 Å². The molecule has 0 bridgehead atoms. The number of hydrogen-bond donors (Lipinski definition) is 1. The maximum absolute atomic E-state index is 8.89. The number of nitrogens with zero attached hydrogens (tertiary/aromatic N) is 1. The van der Waals surface area contributed by atoms with Gasteiger partial charge in [-0.2, -0.15) is 0 Å². The second-order valence-electron chi connectivity index (χ2n) is 1.42. The molecule has 3 nitrogen and oxygen atoms in total. The minimum absolute atomic E-state index is 1.08. The Bertz CT molecular complexity index is 144. The predicted molar refractivity (Wildman–Crippen MR) is 37.2 cm³/mol. The largest absolute Gasteiger partial charge is 0.481 e. The van der Waals surface area contributed by atoms with Crippen molar-refractivity contribution in [2.75, 3.05) is 0 Å². The fraction of sp³-hybridized carbons (Fsp3) is 0. The van der Waals surface area contributed by atoms with Crippen molar-refractivity contribution in [1.29, 1.82) is 0 Å². The molecule has 10 heavy (non-hydrogen) atoms. The third kappa shape index (κ3) is 9.80. The van der Waals surface area contributed by atoms with Gasteiger partial charge < -0.3 is 5.11 Å². The van der Waals surface area contributed by atoms with Crippen molar-refractivity contribution in [2.45, 2.75) is 0 Å². The number of pyridine rings is 1. The highest BCUT2D eigenvalue weighted by Gasteiger charge is 1.66. The molecule has 0 spiro atoms. The number of rotatable bonds is 0. The van der Waals surface area contributed by atoms with Gasteiger partial charge in [0.05, 0.1) is 6.92 Å². The first kappa shape index (κ1) is 8.62. The van der Waals surface area contributed by atoms with Crippen LogP contribution in [0, 0.1) is 6.92 Å². The normalized spacial score (nSPS) is 7.30. The highest BCUT2D eigenvalue weighted by atomic mass is 16.4. The first-order valence-corrected chi connectivity index (χ1v) is 2.63. The SMILES string of the molecule is [CH2]C(=O)O.c1ccncc1. The van der Waals surface area contributed by atoms with Crippen LogP contribution in [0.25, 0.3) is 0 Å². The Balaban J connectivity index is 0.000000180. The van der Waals surface area contributed by atoms with Crippen LogP contribution in [0.5, 0.6) is 0 Å². The Hall–Kier alpha value is -1.38. The maximum atomic E-state index is 8.89. The van der Waals surface area contributed by atoms with E-state index in [0.717, 1.165) is 0 Å². The quantitative estimate of drug-likeness (QED) is 0.581. The van der Waals surface area contributed by atoms with Crippen molar-refractivity contribution in [1.82, 2.24) is 4.98 Å². The second kappa shape index (κ2) is 5.75. The minimum atomic E-state index is -1.08. The summed E-state index contributed by atoms with van der Waals surface area (Å²) in [5, 5.41) is 7.31. The van der Waals surface area contributed by atoms with Gasteiger partial charge in [0.1, 0.15) is 0 Å². The number of hydrogen-bond acceptors (Lipinski definition) is 2. The van der Waals surface area contributed by atoms with Gasteiger partial charge in [-0.1, -0.05) is 6.07 Å². The maximum Gasteiger partial charge on any atom is 0.303 e. The minimum Gasteiger partial charge on any atom is -0.481 e. The summed E-state index contributed by atoms with van der Waals surface area (Å²) in [6.07, 6.45) is 3.50. The van der Waals surface area contributed by atoms with Crippen LogP contribution >= 0.6 is 0 Å². The van der Waals surface area contributed by atoms with Crippen LogP contribution in [-0.2, 0) is 4.79 Å². The zero-order chi connectivity index (χ0) is 7.82. The fourth-order valence-corrected chi connectivity index (χ4v) is 0.313. The van der Waals surface area contributed by atoms with E-state index in [-0.39, 0.29) is 0 Å². The number of aromatic nitrogens is 1. The van der Waals surface area contributed by atoms with E-state index in [0.29, 0.717) is 0 Å². The van der Waals surface area contributed by atoms with E-state index in [2.05, 4.69) is 11.9 Å². The van der Waals surface area contributed by atoms with Gasteiger partial charge in [0, 0.05) is 12.4 Å². The summed E-state index contributed by atoms with van der Waals surface area (Å²) in [7, 11) is 0. The summed E-state index contributed by atoms with van der Waals surface area (Å²) in [4.78, 5) is 12.7.